The first-order valence-corrected chi connectivity index (χ1v) is 21.7. The zero-order chi connectivity index (χ0) is 42.6. The van der Waals surface area contributed by atoms with Gasteiger partial charge in [-0.3, -0.25) is 0 Å². The molecule has 64 heavy (non-hydrogen) atoms. The van der Waals surface area contributed by atoms with Crippen molar-refractivity contribution >= 4 is 49.3 Å². The maximum absolute atomic E-state index is 8.08. The minimum Gasteiger partial charge on any atom is -0.309 e. The number of hydrogen-bond acceptors (Lipinski definition) is 2. The molecule has 5 heteroatoms. The van der Waals surface area contributed by atoms with E-state index in [4.69, 9.17) is 16.5 Å². The fourth-order valence-electron chi connectivity index (χ4n) is 9.67. The summed E-state index contributed by atoms with van der Waals surface area (Å²) in [6, 6.07) is 68.6. The van der Waals surface area contributed by atoms with E-state index in [0.29, 0.717) is 11.5 Å². The Hall–Kier alpha value is -8.59. The number of allylic oxidation sites excluding steroid dienone is 4. The molecule has 3 aromatic heterocycles. The number of benzene rings is 8. The van der Waals surface area contributed by atoms with Gasteiger partial charge in [0.1, 0.15) is 0 Å². The van der Waals surface area contributed by atoms with E-state index >= 15 is 0 Å². The van der Waals surface area contributed by atoms with Crippen LogP contribution in [0.25, 0.3) is 105 Å². The van der Waals surface area contributed by atoms with Crippen LogP contribution in [0.5, 0.6) is 0 Å². The van der Waals surface area contributed by atoms with Crippen molar-refractivity contribution in [2.45, 2.75) is 12.3 Å². The third-order valence-electron chi connectivity index (χ3n) is 12.6. The molecular formula is C59H39N5. The van der Waals surface area contributed by atoms with Gasteiger partial charge in [-0.1, -0.05) is 158 Å². The monoisotopic (exact) mass is 817 g/mol. The molecule has 0 saturated heterocycles. The molecule has 8 aromatic carbocycles. The summed E-state index contributed by atoms with van der Waals surface area (Å²) in [5.41, 5.74) is 15.2. The van der Waals surface area contributed by atoms with Crippen LogP contribution >= 0.6 is 0 Å². The van der Waals surface area contributed by atoms with E-state index in [1.54, 1.807) is 0 Å². The Bertz CT molecular complexity index is 3590. The molecule has 0 bridgehead atoms. The lowest BCUT2D eigenvalue weighted by Crippen LogP contribution is -2.05. The molecule has 0 amide bonds. The normalized spacial score (nSPS) is 13.6. The van der Waals surface area contributed by atoms with Crippen molar-refractivity contribution in [2.24, 2.45) is 0 Å². The van der Waals surface area contributed by atoms with Gasteiger partial charge in [0.2, 0.25) is 0 Å². The van der Waals surface area contributed by atoms with E-state index < -0.39 is 0 Å². The summed E-state index contributed by atoms with van der Waals surface area (Å²) in [4.78, 5) is 14.6. The molecule has 300 valence electrons. The van der Waals surface area contributed by atoms with Gasteiger partial charge in [0, 0.05) is 50.0 Å². The number of fused-ring (bicyclic) bond motifs is 6. The first kappa shape index (κ1) is 37.2. The quantitative estimate of drug-likeness (QED) is 0.150. The summed E-state index contributed by atoms with van der Waals surface area (Å²) >= 11 is 0. The fraction of sp³-hybridized carbons (Fsp3) is 0.0339. The summed E-state index contributed by atoms with van der Waals surface area (Å²) in [6.07, 6.45) is 9.56. The summed E-state index contributed by atoms with van der Waals surface area (Å²) in [7, 11) is 0. The van der Waals surface area contributed by atoms with Crippen LogP contribution in [0.3, 0.4) is 0 Å². The van der Waals surface area contributed by atoms with Crippen molar-refractivity contribution in [2.75, 3.05) is 0 Å². The summed E-state index contributed by atoms with van der Waals surface area (Å²) in [6.45, 7) is 8.08. The van der Waals surface area contributed by atoms with Gasteiger partial charge in [-0.15, -0.1) is 0 Å². The highest BCUT2D eigenvalue weighted by atomic mass is 15.0. The van der Waals surface area contributed by atoms with Crippen molar-refractivity contribution < 1.29 is 0 Å². The van der Waals surface area contributed by atoms with Gasteiger partial charge in [0.15, 0.2) is 11.5 Å². The summed E-state index contributed by atoms with van der Waals surface area (Å²) in [5, 5.41) is 4.52. The molecule has 0 spiro atoms. The van der Waals surface area contributed by atoms with Gasteiger partial charge in [-0.05, 0) is 83.6 Å². The van der Waals surface area contributed by atoms with E-state index in [1.165, 1.54) is 10.8 Å². The molecular weight excluding hydrogens is 779 g/mol. The molecule has 11 aromatic rings. The standard InChI is InChI=1S/C59H39N5/c1-60-44-30-32-56-50(36-44)51-37-45(63-54-28-16-14-26-46(54)47-27-15-17-29-55(47)63)31-33-57(51)64(56)58-48(39-18-6-2-7-19-39)34-43(35-49(58)40-20-8-3-9-21-40)59-61-52(41-22-10-4-11-23-41)38-53(62-59)42-24-12-5-13-25-42/h2-24,26-38,42H,25H2. The van der Waals surface area contributed by atoms with Crippen LogP contribution < -0.4 is 0 Å². The highest BCUT2D eigenvalue weighted by Crippen LogP contribution is 2.45. The van der Waals surface area contributed by atoms with Gasteiger partial charge in [-0.25, -0.2) is 14.8 Å². The van der Waals surface area contributed by atoms with Crippen LogP contribution in [-0.2, 0) is 0 Å². The second kappa shape index (κ2) is 15.4. The SMILES string of the molecule is [C-]#[N+]c1ccc2c(c1)c1cc(-n3c4ccccc4c4ccccc43)ccc1n2-c1c(-c2ccccc2)cc(-c2nc(-c3ccccc3)cc(C3C=CC=CC3)n2)cc1-c1ccccc1. The van der Waals surface area contributed by atoms with Crippen LogP contribution in [0, 0.1) is 6.57 Å². The maximum Gasteiger partial charge on any atom is 0.188 e. The highest BCUT2D eigenvalue weighted by molar-refractivity contribution is 6.14. The number of aromatic nitrogens is 4. The van der Waals surface area contributed by atoms with Gasteiger partial charge >= 0.3 is 0 Å². The first-order chi connectivity index (χ1) is 31.7. The van der Waals surface area contributed by atoms with E-state index in [9.17, 15) is 0 Å². The predicted octanol–water partition coefficient (Wildman–Crippen LogP) is 15.5. The van der Waals surface area contributed by atoms with Crippen molar-refractivity contribution in [3.05, 3.63) is 236 Å². The Morgan fingerprint density at radius 3 is 1.64 bits per heavy atom. The molecule has 12 rings (SSSR count). The maximum atomic E-state index is 8.08. The Labute approximate surface area is 371 Å². The zero-order valence-electron chi connectivity index (χ0n) is 34.8. The second-order valence-electron chi connectivity index (χ2n) is 16.4. The van der Waals surface area contributed by atoms with Crippen LogP contribution in [0.15, 0.2) is 218 Å². The summed E-state index contributed by atoms with van der Waals surface area (Å²) < 4.78 is 4.77. The largest absolute Gasteiger partial charge is 0.309 e. The van der Waals surface area contributed by atoms with Gasteiger partial charge in [0.25, 0.3) is 0 Å². The van der Waals surface area contributed by atoms with Crippen LogP contribution in [-0.4, -0.2) is 19.1 Å². The molecule has 3 heterocycles. The predicted molar refractivity (Wildman–Crippen MR) is 264 cm³/mol. The number of para-hydroxylation sites is 2. The van der Waals surface area contributed by atoms with Crippen LogP contribution in [0.1, 0.15) is 18.0 Å². The van der Waals surface area contributed by atoms with Crippen molar-refractivity contribution in [1.29, 1.82) is 0 Å². The minimum absolute atomic E-state index is 0.140. The third kappa shape index (κ3) is 6.23. The van der Waals surface area contributed by atoms with Gasteiger partial charge < -0.3 is 9.13 Å². The zero-order valence-corrected chi connectivity index (χ0v) is 34.8. The minimum atomic E-state index is 0.140. The molecule has 0 N–H and O–H groups in total. The van der Waals surface area contributed by atoms with E-state index in [0.717, 1.165) is 95.4 Å². The molecule has 5 nitrogen and oxygen atoms in total. The molecule has 1 unspecified atom stereocenters. The van der Waals surface area contributed by atoms with Gasteiger partial charge in [0.05, 0.1) is 45.7 Å². The lowest BCUT2D eigenvalue weighted by molar-refractivity contribution is 0.811. The average Bonchev–Trinajstić information content (AvgIpc) is 3.88. The lowest BCUT2D eigenvalue weighted by atomic mass is 9.92. The Morgan fingerprint density at radius 2 is 1.03 bits per heavy atom. The number of nitrogens with zero attached hydrogens (tertiary/aromatic N) is 5. The lowest BCUT2D eigenvalue weighted by Gasteiger charge is -2.21. The molecule has 1 aliphatic rings. The van der Waals surface area contributed by atoms with Crippen molar-refractivity contribution in [3.8, 4) is 56.3 Å². The van der Waals surface area contributed by atoms with Gasteiger partial charge in [-0.2, -0.15) is 0 Å². The molecule has 1 aliphatic carbocycles. The number of hydrogen-bond donors (Lipinski definition) is 0. The first-order valence-electron chi connectivity index (χ1n) is 21.7. The van der Waals surface area contributed by atoms with E-state index in [1.807, 2.05) is 12.1 Å². The molecule has 0 fully saturated rings. The van der Waals surface area contributed by atoms with Crippen molar-refractivity contribution in [1.82, 2.24) is 19.1 Å². The van der Waals surface area contributed by atoms with Crippen LogP contribution in [0.2, 0.25) is 0 Å². The topological polar surface area (TPSA) is 40.0 Å². The Morgan fingerprint density at radius 1 is 0.469 bits per heavy atom. The fourth-order valence-corrected chi connectivity index (χ4v) is 9.67. The molecule has 0 aliphatic heterocycles. The molecule has 1 atom stereocenters. The Kier molecular flexibility index (Phi) is 8.95. The molecule has 0 saturated carbocycles. The van der Waals surface area contributed by atoms with E-state index in [-0.39, 0.29) is 5.92 Å². The van der Waals surface area contributed by atoms with Crippen molar-refractivity contribution in [3.63, 3.8) is 0 Å². The summed E-state index contributed by atoms with van der Waals surface area (Å²) in [5.74, 6) is 0.820. The number of rotatable bonds is 7. The van der Waals surface area contributed by atoms with E-state index in [2.05, 4.69) is 220 Å². The second-order valence-corrected chi connectivity index (χ2v) is 16.4. The highest BCUT2D eigenvalue weighted by Gasteiger charge is 2.24. The smallest absolute Gasteiger partial charge is 0.188 e. The average molecular weight is 818 g/mol. The Balaban J connectivity index is 1.17. The molecule has 0 radical (unpaired) electrons. The third-order valence-corrected chi connectivity index (χ3v) is 12.6. The van der Waals surface area contributed by atoms with Crippen LogP contribution in [0.4, 0.5) is 5.69 Å².